The smallest absolute Gasteiger partial charge is 0.306 e. The number of aromatic nitrogens is 2. The van der Waals surface area contributed by atoms with Gasteiger partial charge in [0.05, 0.1) is 11.8 Å². The molecule has 0 spiro atoms. The second kappa shape index (κ2) is 8.29. The Balaban J connectivity index is 1.66. The van der Waals surface area contributed by atoms with Gasteiger partial charge in [-0.25, -0.2) is 4.98 Å². The highest BCUT2D eigenvalue weighted by Crippen LogP contribution is 2.27. The summed E-state index contributed by atoms with van der Waals surface area (Å²) in [6.07, 6.45) is -0.666. The Hall–Kier alpha value is -2.80. The molecule has 7 heteroatoms. The van der Waals surface area contributed by atoms with E-state index in [9.17, 15) is 14.4 Å². The molecule has 1 N–H and O–H groups in total. The summed E-state index contributed by atoms with van der Waals surface area (Å²) in [5.74, 6) is -0.288. The van der Waals surface area contributed by atoms with Crippen LogP contribution in [0.1, 0.15) is 63.6 Å². The fraction of sp³-hybridized carbons (Fsp3) is 0.364. The largest absolute Gasteiger partial charge is 0.454 e. The number of H-pyrrole nitrogens is 1. The summed E-state index contributed by atoms with van der Waals surface area (Å²) in [5, 5.41) is 0.578. The molecule has 0 radical (unpaired) electrons. The highest BCUT2D eigenvalue weighted by Gasteiger charge is 2.19. The maximum absolute atomic E-state index is 12.4. The Morgan fingerprint density at radius 3 is 2.62 bits per heavy atom. The number of aryl methyl sites for hydroxylation is 4. The van der Waals surface area contributed by atoms with Crippen molar-refractivity contribution in [3.05, 3.63) is 61.5 Å². The molecule has 0 aliphatic heterocycles. The predicted molar refractivity (Wildman–Crippen MR) is 114 cm³/mol. The maximum Gasteiger partial charge on any atom is 0.306 e. The molecule has 3 rings (SSSR count). The first-order valence-electron chi connectivity index (χ1n) is 9.47. The average Bonchev–Trinajstić information content (AvgIpc) is 2.96. The number of thiophene rings is 1. The lowest BCUT2D eigenvalue weighted by Crippen LogP contribution is -2.17. The Bertz CT molecular complexity index is 1160. The minimum atomic E-state index is -0.710. The Labute approximate surface area is 172 Å². The van der Waals surface area contributed by atoms with E-state index in [-0.39, 0.29) is 24.2 Å². The van der Waals surface area contributed by atoms with E-state index >= 15 is 0 Å². The van der Waals surface area contributed by atoms with Crippen molar-refractivity contribution in [2.75, 3.05) is 0 Å². The van der Waals surface area contributed by atoms with Gasteiger partial charge >= 0.3 is 5.97 Å². The number of aromatic amines is 1. The SMILES string of the molecule is Cc1ccc(C)c(C(=O)CCC(=O)O[C@H](C)c2nc3sc(C)c(C)c3c(=O)[nH]2)c1. The summed E-state index contributed by atoms with van der Waals surface area (Å²) < 4.78 is 5.40. The van der Waals surface area contributed by atoms with Gasteiger partial charge in [-0.05, 0) is 51.8 Å². The third kappa shape index (κ3) is 4.45. The van der Waals surface area contributed by atoms with Gasteiger partial charge in [-0.3, -0.25) is 14.4 Å². The van der Waals surface area contributed by atoms with Crippen molar-refractivity contribution in [2.24, 2.45) is 0 Å². The number of hydrogen-bond donors (Lipinski definition) is 1. The number of nitrogens with zero attached hydrogens (tertiary/aromatic N) is 1. The van der Waals surface area contributed by atoms with Gasteiger partial charge in [-0.15, -0.1) is 11.3 Å². The van der Waals surface area contributed by atoms with E-state index in [0.717, 1.165) is 21.6 Å². The van der Waals surface area contributed by atoms with Gasteiger partial charge in [-0.2, -0.15) is 0 Å². The van der Waals surface area contributed by atoms with E-state index in [1.807, 2.05) is 45.9 Å². The molecule has 0 saturated heterocycles. The molecule has 0 aliphatic rings. The van der Waals surface area contributed by atoms with Crippen LogP contribution in [0.4, 0.5) is 0 Å². The van der Waals surface area contributed by atoms with Gasteiger partial charge in [0.15, 0.2) is 17.7 Å². The number of esters is 1. The van der Waals surface area contributed by atoms with Crippen LogP contribution in [-0.2, 0) is 9.53 Å². The second-order valence-electron chi connectivity index (χ2n) is 7.29. The standard InChI is InChI=1S/C22H24N2O4S/c1-11-6-7-12(2)16(10-11)17(25)8-9-18(26)28-14(4)20-23-21(27)19-13(3)15(5)29-22(19)24-20/h6-7,10,14H,8-9H2,1-5H3,(H,23,24,27)/t14-/m1/s1. The summed E-state index contributed by atoms with van der Waals surface area (Å²) in [7, 11) is 0. The zero-order valence-electron chi connectivity index (χ0n) is 17.2. The molecule has 3 aromatic rings. The number of Topliss-reactive ketones (excluding diaryl/α,β-unsaturated/α-hetero) is 1. The summed E-state index contributed by atoms with van der Waals surface area (Å²) in [5.41, 5.74) is 3.20. The molecule has 152 valence electrons. The van der Waals surface area contributed by atoms with Crippen molar-refractivity contribution in [3.8, 4) is 0 Å². The number of nitrogens with one attached hydrogen (secondary N) is 1. The first-order valence-corrected chi connectivity index (χ1v) is 10.3. The second-order valence-corrected chi connectivity index (χ2v) is 8.49. The van der Waals surface area contributed by atoms with Crippen molar-refractivity contribution < 1.29 is 14.3 Å². The number of carbonyl (C=O) groups is 2. The number of benzene rings is 1. The van der Waals surface area contributed by atoms with E-state index in [4.69, 9.17) is 4.74 Å². The van der Waals surface area contributed by atoms with E-state index in [2.05, 4.69) is 9.97 Å². The average molecular weight is 413 g/mol. The summed E-state index contributed by atoms with van der Waals surface area (Å²) >= 11 is 1.44. The van der Waals surface area contributed by atoms with Gasteiger partial charge in [-0.1, -0.05) is 17.7 Å². The van der Waals surface area contributed by atoms with E-state index in [1.165, 1.54) is 11.3 Å². The van der Waals surface area contributed by atoms with Crippen LogP contribution in [0.5, 0.6) is 0 Å². The molecule has 2 aromatic heterocycles. The van der Waals surface area contributed by atoms with Gasteiger partial charge in [0.25, 0.3) is 5.56 Å². The molecule has 29 heavy (non-hydrogen) atoms. The molecule has 1 aromatic carbocycles. The number of rotatable bonds is 6. The molecule has 0 amide bonds. The number of ketones is 1. The van der Waals surface area contributed by atoms with Gasteiger partial charge < -0.3 is 9.72 Å². The molecule has 0 fully saturated rings. The molecule has 0 bridgehead atoms. The Kier molecular flexibility index (Phi) is 5.98. The van der Waals surface area contributed by atoms with Gasteiger partial charge in [0.2, 0.25) is 0 Å². The van der Waals surface area contributed by atoms with Crippen LogP contribution in [0.2, 0.25) is 0 Å². The molecule has 2 heterocycles. The van der Waals surface area contributed by atoms with E-state index in [1.54, 1.807) is 6.92 Å². The summed E-state index contributed by atoms with van der Waals surface area (Å²) in [4.78, 5) is 45.9. The lowest BCUT2D eigenvalue weighted by molar-refractivity contribution is -0.148. The zero-order chi connectivity index (χ0) is 21.3. The van der Waals surface area contributed by atoms with Crippen LogP contribution in [0, 0.1) is 27.7 Å². The van der Waals surface area contributed by atoms with Crippen LogP contribution in [0.25, 0.3) is 10.2 Å². The zero-order valence-corrected chi connectivity index (χ0v) is 18.0. The first-order chi connectivity index (χ1) is 13.7. The van der Waals surface area contributed by atoms with E-state index in [0.29, 0.717) is 21.6 Å². The molecular weight excluding hydrogens is 388 g/mol. The quantitative estimate of drug-likeness (QED) is 0.476. The number of ether oxygens (including phenoxy) is 1. The van der Waals surface area contributed by atoms with Crippen molar-refractivity contribution in [3.63, 3.8) is 0 Å². The van der Waals surface area contributed by atoms with Crippen LogP contribution < -0.4 is 5.56 Å². The van der Waals surface area contributed by atoms with Crippen molar-refractivity contribution in [2.45, 2.75) is 53.6 Å². The molecular formula is C22H24N2O4S. The first kappa shape index (κ1) is 20.9. The summed E-state index contributed by atoms with van der Waals surface area (Å²) in [6.45, 7) is 9.28. The molecule has 1 atom stereocenters. The van der Waals surface area contributed by atoms with Crippen molar-refractivity contribution >= 4 is 33.3 Å². The molecule has 6 nitrogen and oxygen atoms in total. The minimum Gasteiger partial charge on any atom is -0.454 e. The third-order valence-electron chi connectivity index (χ3n) is 5.00. The number of hydrogen-bond acceptors (Lipinski definition) is 6. The minimum absolute atomic E-state index is 0.0275. The fourth-order valence-electron chi connectivity index (χ4n) is 3.16. The van der Waals surface area contributed by atoms with Crippen LogP contribution in [-0.4, -0.2) is 21.7 Å². The van der Waals surface area contributed by atoms with Crippen LogP contribution in [0.3, 0.4) is 0 Å². The Morgan fingerprint density at radius 1 is 1.17 bits per heavy atom. The molecule has 0 aliphatic carbocycles. The Morgan fingerprint density at radius 2 is 1.90 bits per heavy atom. The van der Waals surface area contributed by atoms with Crippen LogP contribution in [0.15, 0.2) is 23.0 Å². The normalized spacial score (nSPS) is 12.2. The van der Waals surface area contributed by atoms with Crippen molar-refractivity contribution in [1.82, 2.24) is 9.97 Å². The summed E-state index contributed by atoms with van der Waals surface area (Å²) in [6, 6.07) is 5.68. The fourth-order valence-corrected chi connectivity index (χ4v) is 4.20. The monoisotopic (exact) mass is 412 g/mol. The molecule has 0 saturated carbocycles. The van der Waals surface area contributed by atoms with Gasteiger partial charge in [0, 0.05) is 16.9 Å². The highest BCUT2D eigenvalue weighted by molar-refractivity contribution is 7.18. The third-order valence-corrected chi connectivity index (χ3v) is 6.10. The lowest BCUT2D eigenvalue weighted by atomic mass is 9.99. The predicted octanol–water partition coefficient (Wildman–Crippen LogP) is 4.49. The lowest BCUT2D eigenvalue weighted by Gasteiger charge is -2.12. The highest BCUT2D eigenvalue weighted by atomic mass is 32.1. The maximum atomic E-state index is 12.4. The van der Waals surface area contributed by atoms with Gasteiger partial charge in [0.1, 0.15) is 4.83 Å². The molecule has 0 unspecified atom stereocenters. The van der Waals surface area contributed by atoms with Crippen LogP contribution >= 0.6 is 11.3 Å². The number of fused-ring (bicyclic) bond motifs is 1. The topological polar surface area (TPSA) is 89.1 Å². The van der Waals surface area contributed by atoms with Crippen molar-refractivity contribution in [1.29, 1.82) is 0 Å². The number of carbonyl (C=O) groups excluding carboxylic acids is 2. The van der Waals surface area contributed by atoms with E-state index < -0.39 is 12.1 Å².